The molecule has 0 unspecified atom stereocenters. The highest BCUT2D eigenvalue weighted by atomic mass is 19.4. The van der Waals surface area contributed by atoms with Crippen LogP contribution in [0.1, 0.15) is 21.5 Å². The molecule has 2 aromatic carbocycles. The van der Waals surface area contributed by atoms with Gasteiger partial charge in [-0.3, -0.25) is 14.9 Å². The first kappa shape index (κ1) is 17.4. The minimum atomic E-state index is -4.79. The zero-order valence-corrected chi connectivity index (χ0v) is 11.9. The molecule has 0 atom stereocenters. The number of carbonyl (C=O) groups excluding carboxylic acids is 1. The van der Waals surface area contributed by atoms with Crippen molar-refractivity contribution >= 4 is 11.6 Å². The number of hydrogen-bond acceptors (Lipinski definition) is 3. The minimum Gasteiger partial charge on any atom is -0.348 e. The highest BCUT2D eigenvalue weighted by Crippen LogP contribution is 2.32. The second-order valence-corrected chi connectivity index (χ2v) is 4.76. The Morgan fingerprint density at radius 1 is 1.17 bits per heavy atom. The number of hydrogen-bond donors (Lipinski definition) is 1. The van der Waals surface area contributed by atoms with Crippen molar-refractivity contribution in [2.45, 2.75) is 12.7 Å². The standard InChI is InChI=1S/C15H10F4N2O3/c16-10-6-5-9(12(7-10)15(17,18)19)8-20-14(22)11-3-1-2-4-13(11)21(23)24/h1-7H,8H2,(H,20,22). The van der Waals surface area contributed by atoms with E-state index < -0.39 is 40.6 Å². The molecule has 24 heavy (non-hydrogen) atoms. The third-order valence-electron chi connectivity index (χ3n) is 3.16. The molecule has 0 aliphatic rings. The fraction of sp³-hybridized carbons (Fsp3) is 0.133. The molecule has 2 aromatic rings. The zero-order valence-electron chi connectivity index (χ0n) is 11.9. The van der Waals surface area contributed by atoms with Gasteiger partial charge in [0.15, 0.2) is 0 Å². The van der Waals surface area contributed by atoms with E-state index in [1.807, 2.05) is 0 Å². The Hall–Kier alpha value is -2.97. The van der Waals surface area contributed by atoms with Crippen LogP contribution in [0.3, 0.4) is 0 Å². The summed E-state index contributed by atoms with van der Waals surface area (Å²) in [5.74, 6) is -1.96. The Balaban J connectivity index is 2.23. The fourth-order valence-corrected chi connectivity index (χ4v) is 2.06. The first-order valence-corrected chi connectivity index (χ1v) is 6.57. The molecule has 0 saturated carbocycles. The average Bonchev–Trinajstić information content (AvgIpc) is 2.52. The summed E-state index contributed by atoms with van der Waals surface area (Å²) >= 11 is 0. The van der Waals surface area contributed by atoms with Gasteiger partial charge in [-0.2, -0.15) is 13.2 Å². The molecular weight excluding hydrogens is 332 g/mol. The van der Waals surface area contributed by atoms with Crippen LogP contribution in [-0.4, -0.2) is 10.8 Å². The molecule has 0 bridgehead atoms. The van der Waals surface area contributed by atoms with Crippen LogP contribution >= 0.6 is 0 Å². The molecule has 126 valence electrons. The van der Waals surface area contributed by atoms with Gasteiger partial charge in [0.25, 0.3) is 11.6 Å². The number of amides is 1. The third-order valence-corrected chi connectivity index (χ3v) is 3.16. The monoisotopic (exact) mass is 342 g/mol. The number of alkyl halides is 3. The smallest absolute Gasteiger partial charge is 0.348 e. The van der Waals surface area contributed by atoms with Crippen molar-refractivity contribution in [1.29, 1.82) is 0 Å². The summed E-state index contributed by atoms with van der Waals surface area (Å²) in [4.78, 5) is 22.1. The largest absolute Gasteiger partial charge is 0.416 e. The van der Waals surface area contributed by atoms with E-state index in [0.717, 1.165) is 18.2 Å². The Kier molecular flexibility index (Phi) is 4.82. The molecule has 0 fully saturated rings. The maximum Gasteiger partial charge on any atom is 0.416 e. The molecule has 0 spiro atoms. The van der Waals surface area contributed by atoms with Gasteiger partial charge in [-0.1, -0.05) is 18.2 Å². The van der Waals surface area contributed by atoms with E-state index >= 15 is 0 Å². The maximum absolute atomic E-state index is 13.0. The van der Waals surface area contributed by atoms with Gasteiger partial charge in [0, 0.05) is 12.6 Å². The number of rotatable bonds is 4. The van der Waals surface area contributed by atoms with E-state index in [1.165, 1.54) is 18.2 Å². The lowest BCUT2D eigenvalue weighted by molar-refractivity contribution is -0.385. The maximum atomic E-state index is 13.0. The van der Waals surface area contributed by atoms with Gasteiger partial charge in [-0.25, -0.2) is 4.39 Å². The highest BCUT2D eigenvalue weighted by molar-refractivity contribution is 5.98. The first-order valence-electron chi connectivity index (χ1n) is 6.57. The van der Waals surface area contributed by atoms with Crippen LogP contribution in [0.2, 0.25) is 0 Å². The molecule has 0 aromatic heterocycles. The van der Waals surface area contributed by atoms with Gasteiger partial charge < -0.3 is 5.32 Å². The molecule has 9 heteroatoms. The topological polar surface area (TPSA) is 72.2 Å². The summed E-state index contributed by atoms with van der Waals surface area (Å²) < 4.78 is 51.7. The summed E-state index contributed by atoms with van der Waals surface area (Å²) in [5, 5.41) is 13.0. The predicted molar refractivity (Wildman–Crippen MR) is 75.7 cm³/mol. The van der Waals surface area contributed by atoms with E-state index in [2.05, 4.69) is 5.32 Å². The van der Waals surface area contributed by atoms with E-state index in [0.29, 0.717) is 6.07 Å². The van der Waals surface area contributed by atoms with Crippen LogP contribution in [0.25, 0.3) is 0 Å². The lowest BCUT2D eigenvalue weighted by Crippen LogP contribution is -2.25. The first-order chi connectivity index (χ1) is 11.2. The van der Waals surface area contributed by atoms with Gasteiger partial charge >= 0.3 is 6.18 Å². The average molecular weight is 342 g/mol. The predicted octanol–water partition coefficient (Wildman–Crippen LogP) is 3.68. The Morgan fingerprint density at radius 2 is 1.83 bits per heavy atom. The van der Waals surface area contributed by atoms with Crippen molar-refractivity contribution < 1.29 is 27.3 Å². The van der Waals surface area contributed by atoms with Gasteiger partial charge in [-0.05, 0) is 23.8 Å². The normalized spacial score (nSPS) is 11.2. The summed E-state index contributed by atoms with van der Waals surface area (Å²) in [6.45, 7) is -0.556. The van der Waals surface area contributed by atoms with E-state index in [9.17, 15) is 32.5 Å². The number of nitro benzene ring substituents is 1. The summed E-state index contributed by atoms with van der Waals surface area (Å²) in [5.41, 5.74) is -2.32. The van der Waals surface area contributed by atoms with Crippen LogP contribution in [0.4, 0.5) is 23.2 Å². The summed E-state index contributed by atoms with van der Waals surface area (Å²) in [6.07, 6.45) is -4.79. The Labute approximate surface area is 133 Å². The van der Waals surface area contributed by atoms with Crippen molar-refractivity contribution in [3.05, 3.63) is 75.1 Å². The SMILES string of the molecule is O=C(NCc1ccc(F)cc1C(F)(F)F)c1ccccc1[N+](=O)[O-]. The van der Waals surface area contributed by atoms with E-state index in [-0.39, 0.29) is 11.1 Å². The number of benzene rings is 2. The minimum absolute atomic E-state index is 0.279. The Bertz CT molecular complexity index is 791. The van der Waals surface area contributed by atoms with E-state index in [4.69, 9.17) is 0 Å². The number of nitrogens with zero attached hydrogens (tertiary/aromatic N) is 1. The molecule has 0 aliphatic carbocycles. The number of nitro groups is 1. The van der Waals surface area contributed by atoms with Gasteiger partial charge in [-0.15, -0.1) is 0 Å². The number of para-hydroxylation sites is 1. The van der Waals surface area contributed by atoms with Gasteiger partial charge in [0.05, 0.1) is 10.5 Å². The second-order valence-electron chi connectivity index (χ2n) is 4.76. The lowest BCUT2D eigenvalue weighted by Gasteiger charge is -2.13. The molecule has 0 aliphatic heterocycles. The summed E-state index contributed by atoms with van der Waals surface area (Å²) in [6, 6.07) is 7.10. The quantitative estimate of drug-likeness (QED) is 0.523. The second kappa shape index (κ2) is 6.65. The van der Waals surface area contributed by atoms with Crippen molar-refractivity contribution in [3.8, 4) is 0 Å². The van der Waals surface area contributed by atoms with Crippen LogP contribution < -0.4 is 5.32 Å². The van der Waals surface area contributed by atoms with Crippen molar-refractivity contribution in [2.24, 2.45) is 0 Å². The van der Waals surface area contributed by atoms with E-state index in [1.54, 1.807) is 0 Å². The lowest BCUT2D eigenvalue weighted by atomic mass is 10.1. The van der Waals surface area contributed by atoms with Crippen LogP contribution in [0.5, 0.6) is 0 Å². The van der Waals surface area contributed by atoms with Gasteiger partial charge in [0.1, 0.15) is 11.4 Å². The van der Waals surface area contributed by atoms with Crippen molar-refractivity contribution in [1.82, 2.24) is 5.32 Å². The summed E-state index contributed by atoms with van der Waals surface area (Å²) in [7, 11) is 0. The Morgan fingerprint density at radius 3 is 2.46 bits per heavy atom. The van der Waals surface area contributed by atoms with Crippen molar-refractivity contribution in [2.75, 3.05) is 0 Å². The molecule has 1 amide bonds. The molecule has 5 nitrogen and oxygen atoms in total. The third kappa shape index (κ3) is 3.86. The molecule has 0 radical (unpaired) electrons. The van der Waals surface area contributed by atoms with Crippen molar-refractivity contribution in [3.63, 3.8) is 0 Å². The zero-order chi connectivity index (χ0) is 17.9. The molecular formula is C15H10F4N2O3. The number of halogens is 4. The highest BCUT2D eigenvalue weighted by Gasteiger charge is 2.33. The fourth-order valence-electron chi connectivity index (χ4n) is 2.06. The van der Waals surface area contributed by atoms with Crippen LogP contribution in [0.15, 0.2) is 42.5 Å². The van der Waals surface area contributed by atoms with Crippen LogP contribution in [-0.2, 0) is 12.7 Å². The molecule has 0 saturated heterocycles. The number of nitrogens with one attached hydrogen (secondary N) is 1. The van der Waals surface area contributed by atoms with Gasteiger partial charge in [0.2, 0.25) is 0 Å². The van der Waals surface area contributed by atoms with Crippen LogP contribution in [0, 0.1) is 15.9 Å². The molecule has 0 heterocycles. The molecule has 1 N–H and O–H groups in total. The molecule has 2 rings (SSSR count). The number of carbonyl (C=O) groups is 1.